The zero-order valence-corrected chi connectivity index (χ0v) is 13.8. The number of hydrogen-bond acceptors (Lipinski definition) is 4. The van der Waals surface area contributed by atoms with E-state index in [0.717, 1.165) is 42.9 Å². The SMILES string of the molecule is OCCNCCCNCc1cccc(OCc2ccc(F)cc2)c1. The molecule has 0 unspecified atom stereocenters. The Hall–Kier alpha value is -1.95. The van der Waals surface area contributed by atoms with Crippen molar-refractivity contribution in [3.05, 3.63) is 65.5 Å². The van der Waals surface area contributed by atoms with E-state index in [0.29, 0.717) is 13.2 Å². The van der Waals surface area contributed by atoms with Crippen LogP contribution in [-0.2, 0) is 13.2 Å². The average molecular weight is 332 g/mol. The molecule has 5 heteroatoms. The highest BCUT2D eigenvalue weighted by atomic mass is 19.1. The van der Waals surface area contributed by atoms with Crippen LogP contribution in [0.15, 0.2) is 48.5 Å². The van der Waals surface area contributed by atoms with E-state index in [1.165, 1.54) is 12.1 Å². The standard InChI is InChI=1S/C19H25FN2O2/c20-18-7-5-16(6-8-18)15-24-19-4-1-3-17(13-19)14-22-10-2-9-21-11-12-23/h1,3-8,13,21-23H,2,9-12,14-15H2. The molecule has 0 spiro atoms. The van der Waals surface area contributed by atoms with Gasteiger partial charge in [-0.25, -0.2) is 4.39 Å². The Morgan fingerprint density at radius 1 is 0.917 bits per heavy atom. The maximum Gasteiger partial charge on any atom is 0.123 e. The van der Waals surface area contributed by atoms with Gasteiger partial charge in [0.2, 0.25) is 0 Å². The summed E-state index contributed by atoms with van der Waals surface area (Å²) in [5.74, 6) is 0.571. The molecule has 2 aromatic carbocycles. The van der Waals surface area contributed by atoms with Gasteiger partial charge in [0, 0.05) is 13.1 Å². The molecule has 0 saturated heterocycles. The van der Waals surface area contributed by atoms with E-state index >= 15 is 0 Å². The molecule has 130 valence electrons. The van der Waals surface area contributed by atoms with Crippen LogP contribution in [0.2, 0.25) is 0 Å². The van der Waals surface area contributed by atoms with Crippen LogP contribution in [0.4, 0.5) is 4.39 Å². The lowest BCUT2D eigenvalue weighted by atomic mass is 10.2. The summed E-state index contributed by atoms with van der Waals surface area (Å²) in [6.45, 7) is 3.85. The van der Waals surface area contributed by atoms with Gasteiger partial charge >= 0.3 is 0 Å². The first kappa shape index (κ1) is 18.4. The van der Waals surface area contributed by atoms with Crippen molar-refractivity contribution in [3.63, 3.8) is 0 Å². The van der Waals surface area contributed by atoms with Crippen molar-refractivity contribution in [1.29, 1.82) is 0 Å². The van der Waals surface area contributed by atoms with Crippen LogP contribution in [-0.4, -0.2) is 31.3 Å². The van der Waals surface area contributed by atoms with Crippen LogP contribution in [0.5, 0.6) is 5.75 Å². The molecule has 0 amide bonds. The third kappa shape index (κ3) is 7.08. The van der Waals surface area contributed by atoms with E-state index in [-0.39, 0.29) is 12.4 Å². The summed E-state index contributed by atoms with van der Waals surface area (Å²) in [5.41, 5.74) is 2.10. The number of nitrogens with one attached hydrogen (secondary N) is 2. The highest BCUT2D eigenvalue weighted by Gasteiger charge is 1.99. The fraction of sp³-hybridized carbons (Fsp3) is 0.368. The third-order valence-electron chi connectivity index (χ3n) is 3.54. The molecular weight excluding hydrogens is 307 g/mol. The van der Waals surface area contributed by atoms with Gasteiger partial charge < -0.3 is 20.5 Å². The normalized spacial score (nSPS) is 10.8. The molecule has 0 heterocycles. The first-order chi connectivity index (χ1) is 11.8. The Morgan fingerprint density at radius 2 is 1.71 bits per heavy atom. The van der Waals surface area contributed by atoms with Crippen molar-refractivity contribution in [2.75, 3.05) is 26.2 Å². The second-order valence-corrected chi connectivity index (χ2v) is 5.57. The number of halogens is 1. The number of rotatable bonds is 11. The largest absolute Gasteiger partial charge is 0.489 e. The summed E-state index contributed by atoms with van der Waals surface area (Å²) in [6.07, 6.45) is 1.01. The molecule has 0 radical (unpaired) electrons. The molecule has 0 saturated carbocycles. The maximum atomic E-state index is 12.9. The predicted octanol–water partition coefficient (Wildman–Crippen LogP) is 2.47. The van der Waals surface area contributed by atoms with Crippen LogP contribution in [0, 0.1) is 5.82 Å². The lowest BCUT2D eigenvalue weighted by Crippen LogP contribution is -2.23. The van der Waals surface area contributed by atoms with Gasteiger partial charge in [0.25, 0.3) is 0 Å². The smallest absolute Gasteiger partial charge is 0.123 e. The van der Waals surface area contributed by atoms with Crippen molar-refractivity contribution in [3.8, 4) is 5.75 Å². The molecule has 4 nitrogen and oxygen atoms in total. The van der Waals surface area contributed by atoms with Gasteiger partial charge in [-0.3, -0.25) is 0 Å². The molecule has 24 heavy (non-hydrogen) atoms. The summed E-state index contributed by atoms with van der Waals surface area (Å²) >= 11 is 0. The van der Waals surface area contributed by atoms with Gasteiger partial charge in [0.1, 0.15) is 18.2 Å². The summed E-state index contributed by atoms with van der Waals surface area (Å²) in [5, 5.41) is 15.2. The average Bonchev–Trinajstić information content (AvgIpc) is 2.61. The Balaban J connectivity index is 1.70. The highest BCUT2D eigenvalue weighted by Crippen LogP contribution is 2.15. The van der Waals surface area contributed by atoms with E-state index in [1.807, 2.05) is 18.2 Å². The second kappa shape index (κ2) is 10.8. The molecule has 3 N–H and O–H groups in total. The topological polar surface area (TPSA) is 53.5 Å². The summed E-state index contributed by atoms with van der Waals surface area (Å²) in [7, 11) is 0. The molecule has 0 aliphatic heterocycles. The number of aliphatic hydroxyl groups is 1. The van der Waals surface area contributed by atoms with E-state index < -0.39 is 0 Å². The Bertz CT molecular complexity index is 590. The fourth-order valence-corrected chi connectivity index (χ4v) is 2.27. The molecule has 2 rings (SSSR count). The van der Waals surface area contributed by atoms with Crippen LogP contribution < -0.4 is 15.4 Å². The van der Waals surface area contributed by atoms with Crippen molar-refractivity contribution in [2.24, 2.45) is 0 Å². The second-order valence-electron chi connectivity index (χ2n) is 5.57. The van der Waals surface area contributed by atoms with E-state index in [2.05, 4.69) is 16.7 Å². The lowest BCUT2D eigenvalue weighted by molar-refractivity contribution is 0.292. The minimum absolute atomic E-state index is 0.179. The Morgan fingerprint density at radius 3 is 2.50 bits per heavy atom. The van der Waals surface area contributed by atoms with E-state index in [9.17, 15) is 4.39 Å². The van der Waals surface area contributed by atoms with Crippen molar-refractivity contribution < 1.29 is 14.2 Å². The van der Waals surface area contributed by atoms with Crippen LogP contribution in [0.25, 0.3) is 0 Å². The van der Waals surface area contributed by atoms with Crippen molar-refractivity contribution in [2.45, 2.75) is 19.6 Å². The predicted molar refractivity (Wildman–Crippen MR) is 93.5 cm³/mol. The lowest BCUT2D eigenvalue weighted by Gasteiger charge is -2.09. The molecule has 0 aliphatic carbocycles. The fourth-order valence-electron chi connectivity index (χ4n) is 2.27. The first-order valence-corrected chi connectivity index (χ1v) is 8.26. The van der Waals surface area contributed by atoms with E-state index in [1.54, 1.807) is 12.1 Å². The summed E-state index contributed by atoms with van der Waals surface area (Å²) < 4.78 is 18.6. The third-order valence-corrected chi connectivity index (χ3v) is 3.54. The monoisotopic (exact) mass is 332 g/mol. The minimum Gasteiger partial charge on any atom is -0.489 e. The highest BCUT2D eigenvalue weighted by molar-refractivity contribution is 5.29. The van der Waals surface area contributed by atoms with Gasteiger partial charge in [-0.1, -0.05) is 24.3 Å². The van der Waals surface area contributed by atoms with Crippen LogP contribution >= 0.6 is 0 Å². The zero-order valence-electron chi connectivity index (χ0n) is 13.8. The number of ether oxygens (including phenoxy) is 1. The molecule has 2 aromatic rings. The quantitative estimate of drug-likeness (QED) is 0.553. The Labute approximate surface area is 142 Å². The molecule has 0 aliphatic rings. The molecule has 0 aromatic heterocycles. The number of aliphatic hydroxyl groups excluding tert-OH is 1. The molecule has 0 bridgehead atoms. The summed E-state index contributed by atoms with van der Waals surface area (Å²) in [6, 6.07) is 14.3. The molecule has 0 fully saturated rings. The Kier molecular flexibility index (Phi) is 8.24. The van der Waals surface area contributed by atoms with Gasteiger partial charge in [0.15, 0.2) is 0 Å². The zero-order chi connectivity index (χ0) is 17.0. The van der Waals surface area contributed by atoms with Gasteiger partial charge in [-0.05, 0) is 54.9 Å². The molecule has 0 atom stereocenters. The minimum atomic E-state index is -0.238. The van der Waals surface area contributed by atoms with Crippen molar-refractivity contribution >= 4 is 0 Å². The first-order valence-electron chi connectivity index (χ1n) is 8.26. The number of hydrogen-bond donors (Lipinski definition) is 3. The van der Waals surface area contributed by atoms with Gasteiger partial charge in [-0.2, -0.15) is 0 Å². The summed E-state index contributed by atoms with van der Waals surface area (Å²) in [4.78, 5) is 0. The van der Waals surface area contributed by atoms with Crippen LogP contribution in [0.3, 0.4) is 0 Å². The number of benzene rings is 2. The maximum absolute atomic E-state index is 12.9. The van der Waals surface area contributed by atoms with E-state index in [4.69, 9.17) is 9.84 Å². The van der Waals surface area contributed by atoms with Crippen LogP contribution in [0.1, 0.15) is 17.5 Å². The van der Waals surface area contributed by atoms with Gasteiger partial charge in [0.05, 0.1) is 6.61 Å². The van der Waals surface area contributed by atoms with Crippen molar-refractivity contribution in [1.82, 2.24) is 10.6 Å². The molecular formula is C19H25FN2O2. The van der Waals surface area contributed by atoms with Gasteiger partial charge in [-0.15, -0.1) is 0 Å².